The maximum Gasteiger partial charge on any atom is 0.405 e. The van der Waals surface area contributed by atoms with Crippen LogP contribution in [0.5, 0.6) is 0 Å². The Kier molecular flexibility index (Phi) is 4.92. The highest BCUT2D eigenvalue weighted by Gasteiger charge is 2.40. The van der Waals surface area contributed by atoms with Crippen molar-refractivity contribution >= 4 is 23.2 Å². The Morgan fingerprint density at radius 3 is 2.59 bits per heavy atom. The summed E-state index contributed by atoms with van der Waals surface area (Å²) in [5.41, 5.74) is 7.85. The van der Waals surface area contributed by atoms with Gasteiger partial charge >= 0.3 is 6.09 Å². The number of hydrogen-bond donors (Lipinski definition) is 3. The van der Waals surface area contributed by atoms with Crippen LogP contribution >= 0.6 is 0 Å². The van der Waals surface area contributed by atoms with Gasteiger partial charge in [-0.25, -0.2) is 14.8 Å². The number of nitrogens with one attached hydrogen (secondary N) is 2. The Balaban J connectivity index is 1.46. The first-order chi connectivity index (χ1) is 18.1. The van der Waals surface area contributed by atoms with Gasteiger partial charge in [0.2, 0.25) is 0 Å². The number of nitrogens with zero attached hydrogens (tertiary/aromatic N) is 3. The van der Waals surface area contributed by atoms with E-state index in [4.69, 9.17) is 4.98 Å². The lowest BCUT2D eigenvalue weighted by Gasteiger charge is -2.42. The molecule has 2 aromatic carbocycles. The molecule has 0 unspecified atom stereocenters. The van der Waals surface area contributed by atoms with Crippen LogP contribution in [0.1, 0.15) is 49.8 Å². The van der Waals surface area contributed by atoms with E-state index in [0.717, 1.165) is 89.6 Å². The Morgan fingerprint density at radius 1 is 1.03 bits per heavy atom. The maximum atomic E-state index is 11.5. The van der Waals surface area contributed by atoms with Crippen molar-refractivity contribution in [1.82, 2.24) is 19.9 Å². The van der Waals surface area contributed by atoms with Crippen molar-refractivity contribution in [3.05, 3.63) is 84.2 Å². The van der Waals surface area contributed by atoms with Crippen LogP contribution in [-0.4, -0.2) is 25.7 Å². The topological polar surface area (TPSA) is 92.1 Å². The molecule has 0 atom stereocenters. The van der Waals surface area contributed by atoms with Gasteiger partial charge in [-0.3, -0.25) is 4.57 Å². The first kappa shape index (κ1) is 21.9. The summed E-state index contributed by atoms with van der Waals surface area (Å²) in [6.07, 6.45) is 9.01. The van der Waals surface area contributed by atoms with Gasteiger partial charge < -0.3 is 15.7 Å². The Hall–Kier alpha value is -4.39. The first-order valence-electron chi connectivity index (χ1n) is 12.9. The molecule has 0 bridgehead atoms. The molecule has 3 aliphatic rings. The van der Waals surface area contributed by atoms with Gasteiger partial charge in [-0.2, -0.15) is 0 Å². The average Bonchev–Trinajstić information content (AvgIpc) is 3.53. The lowest BCUT2D eigenvalue weighted by atomic mass is 9.71. The molecule has 0 spiro atoms. The summed E-state index contributed by atoms with van der Waals surface area (Å²) in [7, 11) is 0. The molecule has 1 amide bonds. The average molecular weight is 490 g/mol. The summed E-state index contributed by atoms with van der Waals surface area (Å²) in [5, 5.41) is 15.7. The van der Waals surface area contributed by atoms with E-state index in [1.54, 1.807) is 6.20 Å². The number of hydrogen-bond acceptors (Lipinski definition) is 4. The second-order valence-corrected chi connectivity index (χ2v) is 10.1. The van der Waals surface area contributed by atoms with Crippen molar-refractivity contribution < 1.29 is 9.90 Å². The molecule has 2 aromatic heterocycles. The number of benzene rings is 2. The quantitative estimate of drug-likeness (QED) is 0.256. The number of carbonyl (C=O) groups is 1. The lowest BCUT2D eigenvalue weighted by Crippen LogP contribution is -2.50. The van der Waals surface area contributed by atoms with E-state index in [0.29, 0.717) is 0 Å². The predicted octanol–water partition coefficient (Wildman–Crippen LogP) is 6.87. The van der Waals surface area contributed by atoms with Crippen molar-refractivity contribution in [3.8, 4) is 28.3 Å². The minimum atomic E-state index is -0.976. The molecule has 1 aliphatic heterocycles. The van der Waals surface area contributed by atoms with Gasteiger partial charge in [0.1, 0.15) is 5.82 Å². The standard InChI is InChI=1S/C30H27N5O2/c36-29(37)34-30(16-6-17-30)21-14-12-20(13-15-21)26-25(19-7-1-2-8-19)33-28-22-9-3-4-10-23(22)32-27-24(35(26)28)11-5-18-31-27/h3-5,7,9-15,18,34H,1-2,6,8,16-17H2,(H,31,32)(H,36,37). The second kappa shape index (κ2) is 8.34. The largest absolute Gasteiger partial charge is 0.465 e. The minimum absolute atomic E-state index is 0.491. The summed E-state index contributed by atoms with van der Waals surface area (Å²) >= 11 is 0. The molecule has 7 heteroatoms. The van der Waals surface area contributed by atoms with Gasteiger partial charge in [0.15, 0.2) is 5.82 Å². The molecule has 0 radical (unpaired) electrons. The third-order valence-corrected chi connectivity index (χ3v) is 7.94. The number of rotatable bonds is 4. The van der Waals surface area contributed by atoms with Crippen molar-refractivity contribution in [1.29, 1.82) is 0 Å². The highest BCUT2D eigenvalue weighted by Crippen LogP contribution is 2.46. The van der Waals surface area contributed by atoms with Gasteiger partial charge in [0.25, 0.3) is 0 Å². The smallest absolute Gasteiger partial charge is 0.405 e. The van der Waals surface area contributed by atoms with Crippen LogP contribution in [0.4, 0.5) is 16.3 Å². The van der Waals surface area contributed by atoms with E-state index in [1.165, 1.54) is 5.57 Å². The van der Waals surface area contributed by atoms with Gasteiger partial charge in [-0.05, 0) is 73.9 Å². The van der Waals surface area contributed by atoms with Gasteiger partial charge in [-0.1, -0.05) is 42.5 Å². The number of aromatic nitrogens is 3. The predicted molar refractivity (Wildman–Crippen MR) is 144 cm³/mol. The van der Waals surface area contributed by atoms with Crippen molar-refractivity contribution in [2.75, 3.05) is 5.32 Å². The number of allylic oxidation sites excluding steroid dienone is 2. The maximum absolute atomic E-state index is 11.5. The van der Waals surface area contributed by atoms with Crippen molar-refractivity contribution in [3.63, 3.8) is 0 Å². The van der Waals surface area contributed by atoms with Gasteiger partial charge in [0.05, 0.1) is 28.3 Å². The van der Waals surface area contributed by atoms with Crippen LogP contribution in [0, 0.1) is 0 Å². The van der Waals surface area contributed by atoms with E-state index in [-0.39, 0.29) is 0 Å². The monoisotopic (exact) mass is 489 g/mol. The SMILES string of the molecule is O=C(O)NC1(c2ccc(-c3c(C4=CCCC4)nc4n3-c3cccnc3Nc3ccccc3-4)cc2)CCC1. The molecule has 3 heterocycles. The fourth-order valence-corrected chi connectivity index (χ4v) is 5.97. The normalized spacial score (nSPS) is 16.8. The highest BCUT2D eigenvalue weighted by atomic mass is 16.4. The zero-order valence-electron chi connectivity index (χ0n) is 20.4. The van der Waals surface area contributed by atoms with Crippen LogP contribution < -0.4 is 10.6 Å². The highest BCUT2D eigenvalue weighted by molar-refractivity contribution is 5.89. The summed E-state index contributed by atoms with van der Waals surface area (Å²) in [6, 6.07) is 20.6. The number of carboxylic acid groups (broad SMARTS) is 1. The molecule has 37 heavy (non-hydrogen) atoms. The summed E-state index contributed by atoms with van der Waals surface area (Å²) < 4.78 is 2.24. The molecule has 0 saturated heterocycles. The van der Waals surface area contributed by atoms with Crippen molar-refractivity contribution in [2.45, 2.75) is 44.1 Å². The fourth-order valence-electron chi connectivity index (χ4n) is 5.97. The van der Waals surface area contributed by atoms with E-state index in [9.17, 15) is 9.90 Å². The lowest BCUT2D eigenvalue weighted by molar-refractivity contribution is 0.144. The molecule has 1 fully saturated rings. The Labute approximate surface area is 214 Å². The molecule has 184 valence electrons. The summed E-state index contributed by atoms with van der Waals surface area (Å²) in [5.74, 6) is 1.68. The molecule has 4 aromatic rings. The van der Waals surface area contributed by atoms with E-state index in [2.05, 4.69) is 68.7 Å². The number of imidazole rings is 1. The molecular weight excluding hydrogens is 462 g/mol. The van der Waals surface area contributed by atoms with Crippen LogP contribution in [0.2, 0.25) is 0 Å². The zero-order valence-corrected chi connectivity index (χ0v) is 20.4. The summed E-state index contributed by atoms with van der Waals surface area (Å²) in [4.78, 5) is 21.5. The molecule has 7 nitrogen and oxygen atoms in total. The van der Waals surface area contributed by atoms with E-state index < -0.39 is 11.6 Å². The van der Waals surface area contributed by atoms with Crippen LogP contribution in [0.15, 0.2) is 72.9 Å². The molecular formula is C30H27N5O2. The van der Waals surface area contributed by atoms with Gasteiger partial charge in [-0.15, -0.1) is 0 Å². The molecule has 7 rings (SSSR count). The van der Waals surface area contributed by atoms with Gasteiger partial charge in [0, 0.05) is 17.3 Å². The number of fused-ring (bicyclic) bond motifs is 5. The first-order valence-corrected chi connectivity index (χ1v) is 12.9. The number of amides is 1. The third kappa shape index (κ3) is 3.45. The molecule has 2 aliphatic carbocycles. The van der Waals surface area contributed by atoms with Crippen LogP contribution in [-0.2, 0) is 5.54 Å². The van der Waals surface area contributed by atoms with Crippen LogP contribution in [0.25, 0.3) is 33.9 Å². The van der Waals surface area contributed by atoms with E-state index in [1.807, 2.05) is 18.2 Å². The number of anilines is 2. The fraction of sp³-hybridized carbons (Fsp3) is 0.233. The minimum Gasteiger partial charge on any atom is -0.465 e. The van der Waals surface area contributed by atoms with E-state index >= 15 is 0 Å². The number of pyridine rings is 1. The summed E-state index contributed by atoms with van der Waals surface area (Å²) in [6.45, 7) is 0. The molecule has 1 saturated carbocycles. The molecule has 3 N–H and O–H groups in total. The second-order valence-electron chi connectivity index (χ2n) is 10.1. The Bertz CT molecular complexity index is 1560. The third-order valence-electron chi connectivity index (χ3n) is 7.94. The van der Waals surface area contributed by atoms with Crippen molar-refractivity contribution in [2.24, 2.45) is 0 Å². The zero-order chi connectivity index (χ0) is 25.0. The Morgan fingerprint density at radius 2 is 1.86 bits per heavy atom. The number of para-hydroxylation sites is 1. The van der Waals surface area contributed by atoms with Crippen LogP contribution in [0.3, 0.4) is 0 Å².